The van der Waals surface area contributed by atoms with Gasteiger partial charge in [-0.25, -0.2) is 4.99 Å². The van der Waals surface area contributed by atoms with Crippen molar-refractivity contribution in [3.63, 3.8) is 0 Å². The van der Waals surface area contributed by atoms with Crippen molar-refractivity contribution in [1.82, 2.24) is 0 Å². The molecule has 288 valence electrons. The number of allylic oxidation sites excluding steroid dienone is 1. The topological polar surface area (TPSA) is 144 Å². The highest BCUT2D eigenvalue weighted by molar-refractivity contribution is 7.35. The Labute approximate surface area is 358 Å². The summed E-state index contributed by atoms with van der Waals surface area (Å²) in [6, 6.07) is 15.6. The van der Waals surface area contributed by atoms with Gasteiger partial charge in [-0.3, -0.25) is 0 Å². The lowest BCUT2D eigenvalue weighted by Crippen LogP contribution is -2.37. The second kappa shape index (κ2) is 14.4. The van der Waals surface area contributed by atoms with Crippen molar-refractivity contribution in [2.75, 3.05) is 14.2 Å². The van der Waals surface area contributed by atoms with E-state index in [0.717, 1.165) is 97.0 Å². The summed E-state index contributed by atoms with van der Waals surface area (Å²) < 4.78 is 28.9. The van der Waals surface area contributed by atoms with Gasteiger partial charge in [0, 0.05) is 34.2 Å². The molecule has 8 heterocycles. The largest absolute Gasteiger partial charge is 0.495 e. The van der Waals surface area contributed by atoms with Crippen LogP contribution in [-0.4, -0.2) is 19.9 Å². The van der Waals surface area contributed by atoms with Gasteiger partial charge in [0.1, 0.15) is 69.1 Å². The Kier molecular flexibility index (Phi) is 9.26. The fourth-order valence-electron chi connectivity index (χ4n) is 8.94. The van der Waals surface area contributed by atoms with Gasteiger partial charge < -0.3 is 18.9 Å². The van der Waals surface area contributed by atoms with Gasteiger partial charge in [-0.05, 0) is 63.5 Å². The number of hydrogen-bond acceptors (Lipinski definition) is 15. The quantitative estimate of drug-likeness (QED) is 0.119. The summed E-state index contributed by atoms with van der Waals surface area (Å²) in [6.07, 6.45) is 12.2. The van der Waals surface area contributed by atoms with E-state index in [9.17, 15) is 21.0 Å². The number of methoxy groups -OCH3 is 2. The predicted octanol–water partition coefficient (Wildman–Crippen LogP) is 13.5. The first kappa shape index (κ1) is 37.3. The molecular formula is C43H31N5O4S6. The number of nitriles is 4. The molecule has 0 amide bonds. The third-order valence-electron chi connectivity index (χ3n) is 11.4. The second-order valence-electron chi connectivity index (χ2n) is 14.7. The van der Waals surface area contributed by atoms with Crippen LogP contribution in [0, 0.1) is 45.3 Å². The van der Waals surface area contributed by atoms with Gasteiger partial charge in [0.05, 0.1) is 62.6 Å². The van der Waals surface area contributed by atoms with Crippen LogP contribution in [0.25, 0.3) is 54.5 Å². The van der Waals surface area contributed by atoms with Crippen LogP contribution in [0.15, 0.2) is 34.8 Å². The first-order chi connectivity index (χ1) is 28.3. The highest BCUT2D eigenvalue weighted by atomic mass is 32.1. The molecule has 10 rings (SSSR count). The van der Waals surface area contributed by atoms with E-state index >= 15 is 0 Å². The molecular weight excluding hydrogens is 843 g/mol. The van der Waals surface area contributed by atoms with Crippen molar-refractivity contribution in [3.05, 3.63) is 45.8 Å². The van der Waals surface area contributed by atoms with E-state index in [0.29, 0.717) is 16.5 Å². The minimum Gasteiger partial charge on any atom is -0.495 e. The molecule has 58 heavy (non-hydrogen) atoms. The molecule has 2 aliphatic heterocycles. The molecule has 0 bridgehead atoms. The Bertz CT molecular complexity index is 2680. The Hall–Kier alpha value is -4.97. The van der Waals surface area contributed by atoms with Gasteiger partial charge in [0.2, 0.25) is 5.71 Å². The van der Waals surface area contributed by atoms with Crippen molar-refractivity contribution in [2.24, 2.45) is 4.99 Å². The highest BCUT2D eigenvalue weighted by Gasteiger charge is 2.50. The molecule has 6 aromatic rings. The summed E-state index contributed by atoms with van der Waals surface area (Å²) >= 11 is 10.1. The summed E-state index contributed by atoms with van der Waals surface area (Å²) in [4.78, 5) is 13.8. The molecule has 15 heteroatoms. The molecule has 0 atom stereocenters. The lowest BCUT2D eigenvalue weighted by atomic mass is 9.76. The summed E-state index contributed by atoms with van der Waals surface area (Å²) in [5, 5.41) is 38.0. The molecule has 0 N–H and O–H groups in total. The smallest absolute Gasteiger partial charge is 0.219 e. The molecule has 6 aromatic heterocycles. The second-order valence-corrected chi connectivity index (χ2v) is 20.9. The zero-order valence-corrected chi connectivity index (χ0v) is 36.2. The summed E-state index contributed by atoms with van der Waals surface area (Å²) in [7, 11) is 3.28. The standard InChI is InChI=1S/C43H31N5O4S6/c1-49-25-14-24(13-22(18-44)19-45)53-34(25)29-15-27-36(54-29)38-32(42(51-27)9-5-3-6-10-42)40-41(57-38)33-39(58-40)37-28(52-43(33)11-7-4-8-12-43)16-30(55-37)35-26(50-2)17-31(56-35)48-23(20-46)21-47/h13-17H,3-12H2,1-2H3. The summed E-state index contributed by atoms with van der Waals surface area (Å²) in [6.45, 7) is 0. The first-order valence-corrected chi connectivity index (χ1v) is 23.8. The highest BCUT2D eigenvalue weighted by Crippen LogP contribution is 2.67. The maximum absolute atomic E-state index is 9.40. The molecule has 9 nitrogen and oxygen atoms in total. The Morgan fingerprint density at radius 3 is 1.59 bits per heavy atom. The van der Waals surface area contributed by atoms with E-state index in [1.807, 2.05) is 53.0 Å². The normalized spacial score (nSPS) is 16.6. The zero-order valence-electron chi connectivity index (χ0n) is 31.3. The molecule has 2 aliphatic carbocycles. The Morgan fingerprint density at radius 1 is 0.603 bits per heavy atom. The van der Waals surface area contributed by atoms with Gasteiger partial charge in [0.15, 0.2) is 0 Å². The number of ether oxygens (including phenoxy) is 4. The van der Waals surface area contributed by atoms with E-state index in [1.165, 1.54) is 65.8 Å². The minimum absolute atomic E-state index is 0.0537. The van der Waals surface area contributed by atoms with Crippen LogP contribution in [0.5, 0.6) is 23.0 Å². The number of fused-ring (bicyclic) bond motifs is 11. The lowest BCUT2D eigenvalue weighted by molar-refractivity contribution is 0.0258. The molecule has 2 spiro atoms. The van der Waals surface area contributed by atoms with Crippen molar-refractivity contribution in [2.45, 2.75) is 75.4 Å². The maximum Gasteiger partial charge on any atom is 0.219 e. The van der Waals surface area contributed by atoms with Crippen LogP contribution >= 0.6 is 68.0 Å². The molecule has 4 aliphatic rings. The monoisotopic (exact) mass is 873 g/mol. The predicted molar refractivity (Wildman–Crippen MR) is 234 cm³/mol. The molecule has 2 fully saturated rings. The van der Waals surface area contributed by atoms with Crippen LogP contribution in [0.2, 0.25) is 0 Å². The fraction of sp³-hybridized carbons (Fsp3) is 0.326. The van der Waals surface area contributed by atoms with Crippen LogP contribution < -0.4 is 18.9 Å². The number of aliphatic imine (C=N–C) groups is 1. The summed E-state index contributed by atoms with van der Waals surface area (Å²) in [5.74, 6) is 3.17. The molecule has 2 saturated carbocycles. The van der Waals surface area contributed by atoms with Crippen LogP contribution in [0.1, 0.15) is 80.2 Å². The Morgan fingerprint density at radius 2 is 1.10 bits per heavy atom. The van der Waals surface area contributed by atoms with E-state index in [2.05, 4.69) is 17.1 Å². The van der Waals surface area contributed by atoms with Gasteiger partial charge in [-0.15, -0.1) is 68.0 Å². The number of hydrogen-bond donors (Lipinski definition) is 0. The van der Waals surface area contributed by atoms with Gasteiger partial charge in [-0.2, -0.15) is 21.0 Å². The molecule has 0 radical (unpaired) electrons. The van der Waals surface area contributed by atoms with Crippen molar-refractivity contribution in [3.8, 4) is 86.3 Å². The van der Waals surface area contributed by atoms with Gasteiger partial charge in [-0.1, -0.05) is 12.8 Å². The van der Waals surface area contributed by atoms with Gasteiger partial charge in [0.25, 0.3) is 0 Å². The lowest BCUT2D eigenvalue weighted by Gasteiger charge is -2.41. The van der Waals surface area contributed by atoms with Crippen molar-refractivity contribution in [1.29, 1.82) is 21.0 Å². The Balaban J connectivity index is 1.15. The number of rotatable bonds is 6. The van der Waals surface area contributed by atoms with Crippen LogP contribution in [-0.2, 0) is 11.2 Å². The van der Waals surface area contributed by atoms with E-state index < -0.39 is 11.2 Å². The average molecular weight is 874 g/mol. The van der Waals surface area contributed by atoms with E-state index in [4.69, 9.17) is 18.9 Å². The van der Waals surface area contributed by atoms with Crippen molar-refractivity contribution >= 4 is 94.2 Å². The first-order valence-electron chi connectivity index (χ1n) is 18.9. The molecule has 0 saturated heterocycles. The van der Waals surface area contributed by atoms with E-state index in [-0.39, 0.29) is 11.3 Å². The third-order valence-corrected chi connectivity index (χ3v) is 19.0. The van der Waals surface area contributed by atoms with Gasteiger partial charge >= 0.3 is 0 Å². The van der Waals surface area contributed by atoms with Crippen LogP contribution in [0.4, 0.5) is 5.00 Å². The van der Waals surface area contributed by atoms with Crippen LogP contribution in [0.3, 0.4) is 0 Å². The molecule has 0 unspecified atom stereocenters. The summed E-state index contributed by atoms with van der Waals surface area (Å²) in [5.41, 5.74) is 1.66. The minimum atomic E-state index is -0.432. The van der Waals surface area contributed by atoms with Crippen molar-refractivity contribution < 1.29 is 18.9 Å². The maximum atomic E-state index is 9.40. The van der Waals surface area contributed by atoms with E-state index in [1.54, 1.807) is 49.0 Å². The average Bonchev–Trinajstić information content (AvgIpc) is 4.10. The zero-order chi connectivity index (χ0) is 39.8. The number of thiophene rings is 6. The third kappa shape index (κ3) is 5.75. The SMILES string of the molecule is COc1cc(C=C(C#N)C#N)sc1-c1cc2c(s1)-c1sc3c4c(sc3c1C1(CCCCC1)O2)-c1sc(-c2sc(N=C(C#N)C#N)cc2OC)cc1OC41CCCCC1. The fourth-order valence-corrected chi connectivity index (χ4v) is 16.9. The number of nitrogens with zero attached hydrogens (tertiary/aromatic N) is 5. The molecule has 0 aromatic carbocycles.